The second-order valence-electron chi connectivity index (χ2n) is 9.19. The lowest BCUT2D eigenvalue weighted by molar-refractivity contribution is -0.153. The summed E-state index contributed by atoms with van der Waals surface area (Å²) in [5.41, 5.74) is 6.44. The van der Waals surface area contributed by atoms with E-state index in [4.69, 9.17) is 15.6 Å². The van der Waals surface area contributed by atoms with Crippen LogP contribution in [-0.2, 0) is 30.3 Å². The van der Waals surface area contributed by atoms with Crippen LogP contribution in [0.25, 0.3) is 0 Å². The molecule has 1 aromatic rings. The predicted octanol–water partition coefficient (Wildman–Crippen LogP) is 2.70. The zero-order chi connectivity index (χ0) is 27.3. The Labute approximate surface area is 212 Å². The van der Waals surface area contributed by atoms with Crippen LogP contribution in [0.2, 0.25) is 0 Å². The minimum Gasteiger partial charge on any atom is -0.480 e. The van der Waals surface area contributed by atoms with Crippen LogP contribution >= 0.6 is 0 Å². The molecule has 0 fully saturated rings. The smallest absolute Gasteiger partial charge is 0.325 e. The Bertz CT molecular complexity index is 881. The minimum atomic E-state index is -1.24. The molecule has 0 saturated carbocycles. The predicted molar refractivity (Wildman–Crippen MR) is 133 cm³/mol. The second-order valence-corrected chi connectivity index (χ2v) is 9.19. The summed E-state index contributed by atoms with van der Waals surface area (Å²) >= 11 is 0. The molecule has 0 aliphatic heterocycles. The van der Waals surface area contributed by atoms with Gasteiger partial charge in [0.2, 0.25) is 11.8 Å². The Kier molecular flexibility index (Phi) is 13.7. The van der Waals surface area contributed by atoms with Crippen LogP contribution in [-0.4, -0.2) is 53.1 Å². The van der Waals surface area contributed by atoms with Crippen LogP contribution in [0.5, 0.6) is 0 Å². The SMILES string of the molecule is CCCCC[C@H](CC(=O)N[C@@H](Cc1cccc(F)c1)C(=O)N[C@@H](C)C(=O)O)OC(=O)[C@H](N)[C@@H](C)CC. The van der Waals surface area contributed by atoms with Gasteiger partial charge in [-0.15, -0.1) is 0 Å². The number of esters is 1. The number of halogens is 1. The van der Waals surface area contributed by atoms with Crippen molar-refractivity contribution < 1.29 is 33.4 Å². The standard InChI is InChI=1S/C26H40FN3O6/c1-5-7-8-12-20(36-26(35)23(28)16(3)6-2)15-22(31)30-21(24(32)29-17(4)25(33)34)14-18-10-9-11-19(27)13-18/h9-11,13,16-17,20-21,23H,5-8,12,14-15,28H2,1-4H3,(H,29,32)(H,30,31)(H,33,34)/t16-,17-,20+,21-,23+/m0/s1. The molecular formula is C26H40FN3O6. The summed E-state index contributed by atoms with van der Waals surface area (Å²) in [4.78, 5) is 49.4. The van der Waals surface area contributed by atoms with Crippen LogP contribution < -0.4 is 16.4 Å². The molecule has 0 aliphatic carbocycles. The van der Waals surface area contributed by atoms with Crippen LogP contribution in [0.1, 0.15) is 71.8 Å². The van der Waals surface area contributed by atoms with E-state index >= 15 is 0 Å². The summed E-state index contributed by atoms with van der Waals surface area (Å²) in [5, 5.41) is 14.0. The average Bonchev–Trinajstić information content (AvgIpc) is 2.82. The van der Waals surface area contributed by atoms with Gasteiger partial charge in [-0.25, -0.2) is 4.39 Å². The van der Waals surface area contributed by atoms with Crippen molar-refractivity contribution in [1.29, 1.82) is 0 Å². The first-order valence-corrected chi connectivity index (χ1v) is 12.5. The van der Waals surface area contributed by atoms with E-state index in [2.05, 4.69) is 10.6 Å². The van der Waals surface area contributed by atoms with Gasteiger partial charge in [-0.3, -0.25) is 19.2 Å². The Morgan fingerprint density at radius 3 is 2.39 bits per heavy atom. The van der Waals surface area contributed by atoms with E-state index < -0.39 is 53.8 Å². The highest BCUT2D eigenvalue weighted by Crippen LogP contribution is 2.15. The number of rotatable bonds is 16. The monoisotopic (exact) mass is 509 g/mol. The number of hydrogen-bond acceptors (Lipinski definition) is 6. The number of carboxylic acids is 1. The normalized spacial score (nSPS) is 15.2. The molecule has 10 heteroatoms. The van der Waals surface area contributed by atoms with Crippen molar-refractivity contribution in [2.75, 3.05) is 0 Å². The van der Waals surface area contributed by atoms with E-state index in [9.17, 15) is 23.6 Å². The van der Waals surface area contributed by atoms with Gasteiger partial charge < -0.3 is 26.2 Å². The van der Waals surface area contributed by atoms with Gasteiger partial charge in [0.1, 0.15) is 30.0 Å². The molecule has 0 aliphatic rings. The molecule has 0 unspecified atom stereocenters. The molecule has 0 heterocycles. The zero-order valence-corrected chi connectivity index (χ0v) is 21.6. The van der Waals surface area contributed by atoms with Gasteiger partial charge in [0.15, 0.2) is 0 Å². The second kappa shape index (κ2) is 15.9. The van der Waals surface area contributed by atoms with Crippen LogP contribution in [0.3, 0.4) is 0 Å². The summed E-state index contributed by atoms with van der Waals surface area (Å²) in [6.45, 7) is 7.09. The maximum Gasteiger partial charge on any atom is 0.325 e. The van der Waals surface area contributed by atoms with E-state index in [1.165, 1.54) is 25.1 Å². The average molecular weight is 510 g/mol. The molecule has 36 heavy (non-hydrogen) atoms. The summed E-state index contributed by atoms with van der Waals surface area (Å²) in [6, 6.07) is 2.41. The number of nitrogens with one attached hydrogen (secondary N) is 2. The fraction of sp³-hybridized carbons (Fsp3) is 0.615. The zero-order valence-electron chi connectivity index (χ0n) is 21.6. The molecule has 5 N–H and O–H groups in total. The Balaban J connectivity index is 2.98. The number of nitrogens with two attached hydrogens (primary N) is 1. The van der Waals surface area contributed by atoms with Crippen molar-refractivity contribution in [1.82, 2.24) is 10.6 Å². The molecule has 0 radical (unpaired) electrons. The number of amides is 2. The third-order valence-corrected chi connectivity index (χ3v) is 6.06. The molecule has 0 aromatic heterocycles. The minimum absolute atomic E-state index is 0.0547. The molecule has 0 spiro atoms. The van der Waals surface area contributed by atoms with Gasteiger partial charge in [-0.1, -0.05) is 52.2 Å². The van der Waals surface area contributed by atoms with Crippen LogP contribution in [0.15, 0.2) is 24.3 Å². The lowest BCUT2D eigenvalue weighted by Crippen LogP contribution is -2.52. The highest BCUT2D eigenvalue weighted by atomic mass is 19.1. The first kappa shape index (κ1) is 31.0. The number of carbonyl (C=O) groups is 4. The van der Waals surface area contributed by atoms with E-state index in [-0.39, 0.29) is 18.8 Å². The Hall–Kier alpha value is -3.01. The molecule has 5 atom stereocenters. The van der Waals surface area contributed by atoms with Crippen molar-refractivity contribution in [2.24, 2.45) is 11.7 Å². The molecule has 2 amide bonds. The number of hydrogen-bond donors (Lipinski definition) is 4. The Morgan fingerprint density at radius 2 is 1.81 bits per heavy atom. The van der Waals surface area contributed by atoms with Crippen molar-refractivity contribution >= 4 is 23.8 Å². The lowest BCUT2D eigenvalue weighted by atomic mass is 10.00. The quantitative estimate of drug-likeness (QED) is 0.198. The first-order valence-electron chi connectivity index (χ1n) is 12.5. The maximum absolute atomic E-state index is 13.7. The number of carboxylic acid groups (broad SMARTS) is 1. The molecule has 1 aromatic carbocycles. The highest BCUT2D eigenvalue weighted by molar-refractivity contribution is 5.90. The fourth-order valence-electron chi connectivity index (χ4n) is 3.50. The van der Waals surface area contributed by atoms with Crippen LogP contribution in [0.4, 0.5) is 4.39 Å². The van der Waals surface area contributed by atoms with Gasteiger partial charge in [0.05, 0.1) is 6.42 Å². The van der Waals surface area contributed by atoms with Gasteiger partial charge in [0.25, 0.3) is 0 Å². The van der Waals surface area contributed by atoms with E-state index in [0.717, 1.165) is 19.3 Å². The van der Waals surface area contributed by atoms with E-state index in [1.807, 2.05) is 20.8 Å². The molecule has 0 saturated heterocycles. The molecular weight excluding hydrogens is 469 g/mol. The number of ether oxygens (including phenoxy) is 1. The summed E-state index contributed by atoms with van der Waals surface area (Å²) in [7, 11) is 0. The lowest BCUT2D eigenvalue weighted by Gasteiger charge is -2.24. The number of unbranched alkanes of at least 4 members (excludes halogenated alkanes) is 2. The largest absolute Gasteiger partial charge is 0.480 e. The van der Waals surface area contributed by atoms with Crippen molar-refractivity contribution in [2.45, 2.75) is 96.9 Å². The Morgan fingerprint density at radius 1 is 1.11 bits per heavy atom. The molecule has 202 valence electrons. The highest BCUT2D eigenvalue weighted by Gasteiger charge is 2.28. The summed E-state index contributed by atoms with van der Waals surface area (Å²) in [6.07, 6.45) is 2.76. The van der Waals surface area contributed by atoms with E-state index in [1.54, 1.807) is 6.07 Å². The fourth-order valence-corrected chi connectivity index (χ4v) is 3.50. The maximum atomic E-state index is 13.7. The summed E-state index contributed by atoms with van der Waals surface area (Å²) in [5.74, 6) is -3.68. The van der Waals surface area contributed by atoms with Gasteiger partial charge >= 0.3 is 11.9 Å². The van der Waals surface area contributed by atoms with Gasteiger partial charge in [-0.05, 0) is 43.4 Å². The number of carbonyl (C=O) groups excluding carboxylic acids is 3. The molecule has 9 nitrogen and oxygen atoms in total. The van der Waals surface area contributed by atoms with Gasteiger partial charge in [-0.2, -0.15) is 0 Å². The third kappa shape index (κ3) is 11.2. The number of aliphatic carboxylic acids is 1. The third-order valence-electron chi connectivity index (χ3n) is 6.06. The van der Waals surface area contributed by atoms with Crippen LogP contribution in [0, 0.1) is 11.7 Å². The molecule has 0 bridgehead atoms. The van der Waals surface area contributed by atoms with Crippen molar-refractivity contribution in [3.63, 3.8) is 0 Å². The topological polar surface area (TPSA) is 148 Å². The van der Waals surface area contributed by atoms with Crippen molar-refractivity contribution in [3.05, 3.63) is 35.6 Å². The number of benzene rings is 1. The molecule has 1 rings (SSSR count). The first-order chi connectivity index (χ1) is 17.0. The van der Waals surface area contributed by atoms with E-state index in [0.29, 0.717) is 18.4 Å². The summed E-state index contributed by atoms with van der Waals surface area (Å²) < 4.78 is 19.2. The van der Waals surface area contributed by atoms with Gasteiger partial charge in [0, 0.05) is 6.42 Å². The van der Waals surface area contributed by atoms with Crippen molar-refractivity contribution in [3.8, 4) is 0 Å².